The minimum absolute atomic E-state index is 0.148. The van der Waals surface area contributed by atoms with Crippen molar-refractivity contribution in [2.75, 3.05) is 0 Å². The summed E-state index contributed by atoms with van der Waals surface area (Å²) in [6.07, 6.45) is 0. The molecule has 1 heterocycles. The van der Waals surface area contributed by atoms with E-state index in [0.717, 1.165) is 5.56 Å². The van der Waals surface area contributed by atoms with Gasteiger partial charge in [0.05, 0.1) is 26.1 Å². The van der Waals surface area contributed by atoms with Crippen LogP contribution in [0.3, 0.4) is 0 Å². The molecule has 1 atom stereocenters. The van der Waals surface area contributed by atoms with Crippen LogP contribution in [0.5, 0.6) is 5.75 Å². The second-order valence-electron chi connectivity index (χ2n) is 5.98. The lowest BCUT2D eigenvalue weighted by Crippen LogP contribution is -2.41. The second kappa shape index (κ2) is 5.28. The van der Waals surface area contributed by atoms with E-state index in [1.165, 1.54) is 0 Å². The second-order valence-corrected chi connectivity index (χ2v) is 7.69. The van der Waals surface area contributed by atoms with E-state index in [2.05, 4.69) is 31.9 Å². The average molecular weight is 407 g/mol. The molecule has 1 fully saturated rings. The van der Waals surface area contributed by atoms with Gasteiger partial charge in [-0.1, -0.05) is 0 Å². The molecule has 1 saturated heterocycles. The van der Waals surface area contributed by atoms with Gasteiger partial charge in [-0.3, -0.25) is 0 Å². The van der Waals surface area contributed by atoms with Gasteiger partial charge in [0.1, 0.15) is 5.75 Å². The molecule has 7 heteroatoms. The van der Waals surface area contributed by atoms with Gasteiger partial charge in [-0.2, -0.15) is 0 Å². The van der Waals surface area contributed by atoms with E-state index in [1.54, 1.807) is 12.1 Å². The lowest BCUT2D eigenvalue weighted by atomic mass is 9.75. The van der Waals surface area contributed by atoms with Crippen molar-refractivity contribution < 1.29 is 14.4 Å². The number of phenolic OH excluding ortho intramolecular Hbond substituents is 1. The van der Waals surface area contributed by atoms with Gasteiger partial charge in [0.2, 0.25) is 0 Å². The standard InChI is InChI=1S/C13H18BBr2NO3/c1-12(2)13(3,4)20-14(19-12)11(17)7-5-8(15)10(18)9(16)6-7/h5-6,11,18H,17H2,1-4H3/t11-/m1/s1. The van der Waals surface area contributed by atoms with Crippen molar-refractivity contribution in [2.45, 2.75) is 44.8 Å². The van der Waals surface area contributed by atoms with Crippen LogP contribution in [-0.2, 0) is 9.31 Å². The zero-order valence-corrected chi connectivity index (χ0v) is 15.1. The fourth-order valence-electron chi connectivity index (χ4n) is 1.97. The molecular weight excluding hydrogens is 389 g/mol. The monoisotopic (exact) mass is 405 g/mol. The summed E-state index contributed by atoms with van der Waals surface area (Å²) in [5.41, 5.74) is 6.24. The fraction of sp³-hybridized carbons (Fsp3) is 0.538. The maximum absolute atomic E-state index is 9.75. The Morgan fingerprint density at radius 2 is 1.50 bits per heavy atom. The average Bonchev–Trinajstić information content (AvgIpc) is 2.54. The third kappa shape index (κ3) is 2.79. The summed E-state index contributed by atoms with van der Waals surface area (Å²) < 4.78 is 13.1. The highest BCUT2D eigenvalue weighted by Gasteiger charge is 2.53. The van der Waals surface area contributed by atoms with Gasteiger partial charge in [-0.25, -0.2) is 0 Å². The molecule has 1 aromatic carbocycles. The molecule has 1 aromatic rings. The zero-order valence-electron chi connectivity index (χ0n) is 11.9. The van der Waals surface area contributed by atoms with Gasteiger partial charge >= 0.3 is 7.12 Å². The van der Waals surface area contributed by atoms with Gasteiger partial charge in [-0.15, -0.1) is 0 Å². The predicted octanol–water partition coefficient (Wildman–Crippen LogP) is 3.55. The molecule has 0 saturated carbocycles. The zero-order chi connectivity index (χ0) is 15.3. The van der Waals surface area contributed by atoms with E-state index in [-0.39, 0.29) is 5.75 Å². The van der Waals surface area contributed by atoms with Gasteiger partial charge in [0.15, 0.2) is 0 Å². The van der Waals surface area contributed by atoms with Crippen LogP contribution >= 0.6 is 31.9 Å². The topological polar surface area (TPSA) is 64.7 Å². The maximum atomic E-state index is 9.75. The van der Waals surface area contributed by atoms with Crippen molar-refractivity contribution in [3.05, 3.63) is 26.6 Å². The molecular formula is C13H18BBr2NO3. The minimum atomic E-state index is -0.525. The van der Waals surface area contributed by atoms with Crippen molar-refractivity contribution in [3.63, 3.8) is 0 Å². The van der Waals surface area contributed by atoms with Crippen LogP contribution in [-0.4, -0.2) is 23.4 Å². The normalized spacial score (nSPS) is 22.1. The first kappa shape index (κ1) is 16.3. The van der Waals surface area contributed by atoms with Gasteiger partial charge in [0.25, 0.3) is 0 Å². The molecule has 0 spiro atoms. The number of phenols is 1. The quantitative estimate of drug-likeness (QED) is 0.737. The van der Waals surface area contributed by atoms with Crippen LogP contribution in [0.2, 0.25) is 0 Å². The Bertz CT molecular complexity index is 497. The van der Waals surface area contributed by atoms with Gasteiger partial charge in [-0.05, 0) is 77.3 Å². The van der Waals surface area contributed by atoms with E-state index in [1.807, 2.05) is 27.7 Å². The Kier molecular flexibility index (Phi) is 4.31. The maximum Gasteiger partial charge on any atom is 0.480 e. The number of nitrogens with two attached hydrogens (primary N) is 1. The Balaban J connectivity index is 2.28. The molecule has 0 aromatic heterocycles. The van der Waals surface area contributed by atoms with Crippen LogP contribution in [0.4, 0.5) is 0 Å². The molecule has 0 unspecified atom stereocenters. The summed E-state index contributed by atoms with van der Waals surface area (Å²) in [7, 11) is -0.525. The molecule has 20 heavy (non-hydrogen) atoms. The van der Waals surface area contributed by atoms with Crippen molar-refractivity contribution in [2.24, 2.45) is 5.73 Å². The largest absolute Gasteiger partial charge is 0.506 e. The number of hydrogen-bond donors (Lipinski definition) is 2. The fourth-order valence-corrected chi connectivity index (χ4v) is 3.19. The van der Waals surface area contributed by atoms with Crippen molar-refractivity contribution in [3.8, 4) is 5.75 Å². The number of halogens is 2. The lowest BCUT2D eigenvalue weighted by molar-refractivity contribution is 0.00578. The third-order valence-electron chi connectivity index (χ3n) is 3.99. The summed E-state index contributed by atoms with van der Waals surface area (Å²) >= 11 is 6.60. The Labute approximate surface area is 136 Å². The highest BCUT2D eigenvalue weighted by Crippen LogP contribution is 2.41. The third-order valence-corrected chi connectivity index (χ3v) is 5.20. The Morgan fingerprint density at radius 3 is 1.90 bits per heavy atom. The summed E-state index contributed by atoms with van der Waals surface area (Å²) in [6.45, 7) is 7.95. The molecule has 1 aliphatic rings. The molecule has 0 aliphatic carbocycles. The molecule has 4 nitrogen and oxygen atoms in total. The molecule has 0 radical (unpaired) electrons. The number of benzene rings is 1. The smallest absolute Gasteiger partial charge is 0.480 e. The molecule has 0 amide bonds. The number of rotatable bonds is 2. The first-order valence-electron chi connectivity index (χ1n) is 6.34. The number of aromatic hydroxyl groups is 1. The van der Waals surface area contributed by atoms with Crippen molar-refractivity contribution in [1.29, 1.82) is 0 Å². The first-order chi connectivity index (χ1) is 9.05. The van der Waals surface area contributed by atoms with E-state index in [9.17, 15) is 5.11 Å². The number of hydrogen-bond acceptors (Lipinski definition) is 4. The molecule has 2 rings (SSSR count). The lowest BCUT2D eigenvalue weighted by Gasteiger charge is -2.32. The Hall–Kier alpha value is -0.0751. The van der Waals surface area contributed by atoms with Crippen LogP contribution in [0.1, 0.15) is 39.2 Å². The molecule has 3 N–H and O–H groups in total. The highest BCUT2D eigenvalue weighted by molar-refractivity contribution is 9.11. The summed E-state index contributed by atoms with van der Waals surface area (Å²) in [5, 5.41) is 9.75. The van der Waals surface area contributed by atoms with Crippen molar-refractivity contribution >= 4 is 39.0 Å². The molecule has 0 bridgehead atoms. The van der Waals surface area contributed by atoms with E-state index >= 15 is 0 Å². The van der Waals surface area contributed by atoms with Crippen molar-refractivity contribution in [1.82, 2.24) is 0 Å². The van der Waals surface area contributed by atoms with Crippen LogP contribution < -0.4 is 5.73 Å². The van der Waals surface area contributed by atoms with Crippen LogP contribution in [0.25, 0.3) is 0 Å². The first-order valence-corrected chi connectivity index (χ1v) is 7.93. The van der Waals surface area contributed by atoms with Gasteiger partial charge < -0.3 is 20.1 Å². The summed E-state index contributed by atoms with van der Waals surface area (Å²) in [6, 6.07) is 3.55. The van der Waals surface area contributed by atoms with E-state index in [4.69, 9.17) is 15.0 Å². The van der Waals surface area contributed by atoms with E-state index in [0.29, 0.717) is 8.95 Å². The summed E-state index contributed by atoms with van der Waals surface area (Å²) in [4.78, 5) is 0. The SMILES string of the molecule is CC1(C)OB([C@H](N)c2cc(Br)c(O)c(Br)c2)OC1(C)C. The van der Waals surface area contributed by atoms with Gasteiger partial charge in [0, 0.05) is 0 Å². The summed E-state index contributed by atoms with van der Waals surface area (Å²) in [5.74, 6) is -0.292. The van der Waals surface area contributed by atoms with E-state index < -0.39 is 24.3 Å². The minimum Gasteiger partial charge on any atom is -0.506 e. The predicted molar refractivity (Wildman–Crippen MR) is 86.5 cm³/mol. The molecule has 110 valence electrons. The van der Waals surface area contributed by atoms with Crippen LogP contribution in [0, 0.1) is 0 Å². The molecule has 1 aliphatic heterocycles. The highest BCUT2D eigenvalue weighted by atomic mass is 79.9. The Morgan fingerprint density at radius 1 is 1.10 bits per heavy atom. The van der Waals surface area contributed by atoms with Crippen LogP contribution in [0.15, 0.2) is 21.1 Å².